The molecule has 0 aliphatic heterocycles. The average Bonchev–Trinajstić information content (AvgIpc) is 2.85. The van der Waals surface area contributed by atoms with Crippen LogP contribution >= 0.6 is 0 Å². The van der Waals surface area contributed by atoms with E-state index in [-0.39, 0.29) is 6.04 Å². The molecule has 1 rings (SSSR count). The van der Waals surface area contributed by atoms with Crippen LogP contribution in [0.2, 0.25) is 0 Å². The largest absolute Gasteiger partial charge is 0.382 e. The van der Waals surface area contributed by atoms with Crippen molar-refractivity contribution in [3.8, 4) is 0 Å². The van der Waals surface area contributed by atoms with Crippen LogP contribution in [0.5, 0.6) is 0 Å². The smallest absolute Gasteiger partial charge is 0.138 e. The van der Waals surface area contributed by atoms with Crippen molar-refractivity contribution in [1.29, 1.82) is 0 Å². The topological polar surface area (TPSA) is 87.2 Å². The summed E-state index contributed by atoms with van der Waals surface area (Å²) < 4.78 is 12.3. The Morgan fingerprint density at radius 2 is 2.16 bits per heavy atom. The summed E-state index contributed by atoms with van der Waals surface area (Å²) in [5.41, 5.74) is 2.81. The van der Waals surface area contributed by atoms with Gasteiger partial charge < -0.3 is 9.47 Å². The third kappa shape index (κ3) is 5.65. The van der Waals surface area contributed by atoms with E-state index in [0.29, 0.717) is 25.9 Å². The maximum Gasteiger partial charge on any atom is 0.138 e. The summed E-state index contributed by atoms with van der Waals surface area (Å²) in [4.78, 5) is 4.28. The van der Waals surface area contributed by atoms with E-state index >= 15 is 0 Å². The van der Waals surface area contributed by atoms with Gasteiger partial charge in [-0.05, 0) is 20.3 Å². The summed E-state index contributed by atoms with van der Waals surface area (Å²) in [5, 5.41) is 4.21. The number of aromatic nitrogens is 3. The second-order valence-electron chi connectivity index (χ2n) is 4.68. The van der Waals surface area contributed by atoms with E-state index in [0.717, 1.165) is 18.7 Å². The molecule has 1 atom stereocenters. The highest BCUT2D eigenvalue weighted by Crippen LogP contribution is 2.08. The number of nitrogens with zero attached hydrogens (tertiary/aromatic N) is 3. The van der Waals surface area contributed by atoms with Crippen molar-refractivity contribution in [2.24, 2.45) is 5.84 Å². The van der Waals surface area contributed by atoms with Crippen molar-refractivity contribution in [3.05, 3.63) is 12.2 Å². The van der Waals surface area contributed by atoms with Crippen molar-refractivity contribution in [3.63, 3.8) is 0 Å². The number of ether oxygens (including phenoxy) is 2. The van der Waals surface area contributed by atoms with Crippen molar-refractivity contribution >= 4 is 0 Å². The predicted molar refractivity (Wildman–Crippen MR) is 72.5 cm³/mol. The Bertz CT molecular complexity index is 343. The molecule has 0 aromatic carbocycles. The molecular formula is C12H25N5O2. The zero-order valence-corrected chi connectivity index (χ0v) is 12.0. The molecule has 0 radical (unpaired) electrons. The van der Waals surface area contributed by atoms with Gasteiger partial charge in [0.2, 0.25) is 0 Å². The third-order valence-corrected chi connectivity index (χ3v) is 2.84. The number of rotatable bonds is 10. The van der Waals surface area contributed by atoms with Gasteiger partial charge in [-0.15, -0.1) is 0 Å². The minimum Gasteiger partial charge on any atom is -0.382 e. The molecule has 1 aromatic rings. The molecule has 110 valence electrons. The summed E-state index contributed by atoms with van der Waals surface area (Å²) in [6.07, 6.45) is 3.14. The quantitative estimate of drug-likeness (QED) is 0.361. The van der Waals surface area contributed by atoms with Gasteiger partial charge in [0, 0.05) is 32.2 Å². The van der Waals surface area contributed by atoms with Gasteiger partial charge in [-0.1, -0.05) is 0 Å². The van der Waals surface area contributed by atoms with E-state index in [1.807, 2.05) is 4.68 Å². The number of hydrogen-bond donors (Lipinski definition) is 2. The molecule has 0 saturated heterocycles. The highest BCUT2D eigenvalue weighted by molar-refractivity contribution is 4.90. The first-order chi connectivity index (χ1) is 9.19. The van der Waals surface area contributed by atoms with E-state index < -0.39 is 0 Å². The van der Waals surface area contributed by atoms with Crippen LogP contribution in [0.3, 0.4) is 0 Å². The van der Waals surface area contributed by atoms with Crippen LogP contribution in [0.15, 0.2) is 6.33 Å². The Kier molecular flexibility index (Phi) is 7.57. The normalized spacial score (nSPS) is 13.1. The summed E-state index contributed by atoms with van der Waals surface area (Å²) in [7, 11) is 1.66. The molecule has 0 spiro atoms. The summed E-state index contributed by atoms with van der Waals surface area (Å²) in [6, 6.07) is 0.429. The lowest BCUT2D eigenvalue weighted by Crippen LogP contribution is -2.38. The number of methoxy groups -OCH3 is 1. The first kappa shape index (κ1) is 16.0. The molecule has 7 heteroatoms. The van der Waals surface area contributed by atoms with E-state index in [2.05, 4.69) is 29.4 Å². The minimum atomic E-state index is 0.129. The molecule has 1 heterocycles. The number of hydrazine groups is 1. The summed E-state index contributed by atoms with van der Waals surface area (Å²) >= 11 is 0. The average molecular weight is 271 g/mol. The molecule has 0 bridgehead atoms. The third-order valence-electron chi connectivity index (χ3n) is 2.84. The Morgan fingerprint density at radius 1 is 1.37 bits per heavy atom. The standard InChI is InChI=1S/C12H25N5O2/c1-10(2)17-12(14-9-15-17)8-11(16-13)4-5-19-7-6-18-3/h9-11,16H,4-8,13H2,1-3H3. The number of nitrogens with one attached hydrogen (secondary N) is 1. The Labute approximate surface area is 114 Å². The van der Waals surface area contributed by atoms with Crippen molar-refractivity contribution < 1.29 is 9.47 Å². The Morgan fingerprint density at radius 3 is 2.79 bits per heavy atom. The molecule has 19 heavy (non-hydrogen) atoms. The molecular weight excluding hydrogens is 246 g/mol. The van der Waals surface area contributed by atoms with E-state index in [9.17, 15) is 0 Å². The van der Waals surface area contributed by atoms with Crippen LogP contribution in [-0.2, 0) is 15.9 Å². The maximum atomic E-state index is 5.57. The molecule has 7 nitrogen and oxygen atoms in total. The maximum absolute atomic E-state index is 5.57. The van der Waals surface area contributed by atoms with Crippen LogP contribution < -0.4 is 11.3 Å². The van der Waals surface area contributed by atoms with Crippen molar-refractivity contribution in [1.82, 2.24) is 20.2 Å². The molecule has 0 aliphatic carbocycles. The van der Waals surface area contributed by atoms with Gasteiger partial charge in [0.25, 0.3) is 0 Å². The summed E-state index contributed by atoms with van der Waals surface area (Å²) in [6.45, 7) is 6.03. The molecule has 0 amide bonds. The van der Waals surface area contributed by atoms with E-state index in [1.165, 1.54) is 0 Å². The fraction of sp³-hybridized carbons (Fsp3) is 0.833. The zero-order chi connectivity index (χ0) is 14.1. The molecule has 1 unspecified atom stereocenters. The Hall–Kier alpha value is -1.02. The van der Waals surface area contributed by atoms with Gasteiger partial charge in [0.1, 0.15) is 12.2 Å². The fourth-order valence-electron chi connectivity index (χ4n) is 1.79. The lowest BCUT2D eigenvalue weighted by Gasteiger charge is -2.17. The van der Waals surface area contributed by atoms with E-state index in [4.69, 9.17) is 15.3 Å². The van der Waals surface area contributed by atoms with Crippen LogP contribution in [-0.4, -0.2) is 47.7 Å². The highest BCUT2D eigenvalue weighted by Gasteiger charge is 2.14. The lowest BCUT2D eigenvalue weighted by atomic mass is 10.1. The fourth-order valence-corrected chi connectivity index (χ4v) is 1.79. The second kappa shape index (κ2) is 8.98. The van der Waals surface area contributed by atoms with Gasteiger partial charge in [-0.3, -0.25) is 11.3 Å². The van der Waals surface area contributed by atoms with Crippen molar-refractivity contribution in [2.75, 3.05) is 26.9 Å². The second-order valence-corrected chi connectivity index (χ2v) is 4.68. The molecule has 0 saturated carbocycles. The number of hydrogen-bond acceptors (Lipinski definition) is 6. The van der Waals surface area contributed by atoms with Crippen LogP contribution in [0.4, 0.5) is 0 Å². The predicted octanol–water partition coefficient (Wildman–Crippen LogP) is 0.287. The zero-order valence-electron chi connectivity index (χ0n) is 12.0. The van der Waals surface area contributed by atoms with Gasteiger partial charge in [-0.25, -0.2) is 9.67 Å². The monoisotopic (exact) mass is 271 g/mol. The molecule has 0 fully saturated rings. The van der Waals surface area contributed by atoms with Gasteiger partial charge in [-0.2, -0.15) is 5.10 Å². The lowest BCUT2D eigenvalue weighted by molar-refractivity contribution is 0.0657. The number of nitrogens with two attached hydrogens (primary N) is 1. The molecule has 0 aliphatic rings. The van der Waals surface area contributed by atoms with E-state index in [1.54, 1.807) is 13.4 Å². The van der Waals surface area contributed by atoms with Crippen LogP contribution in [0.25, 0.3) is 0 Å². The van der Waals surface area contributed by atoms with Crippen LogP contribution in [0, 0.1) is 0 Å². The van der Waals surface area contributed by atoms with Gasteiger partial charge >= 0.3 is 0 Å². The first-order valence-corrected chi connectivity index (χ1v) is 6.60. The highest BCUT2D eigenvalue weighted by atomic mass is 16.5. The van der Waals surface area contributed by atoms with Gasteiger partial charge in [0.05, 0.1) is 13.2 Å². The van der Waals surface area contributed by atoms with Gasteiger partial charge in [0.15, 0.2) is 0 Å². The Balaban J connectivity index is 2.37. The summed E-state index contributed by atoms with van der Waals surface area (Å²) in [5.74, 6) is 6.51. The molecule has 1 aromatic heterocycles. The molecule has 3 N–H and O–H groups in total. The van der Waals surface area contributed by atoms with Crippen LogP contribution in [0.1, 0.15) is 32.1 Å². The SMILES string of the molecule is COCCOCCC(Cc1ncnn1C(C)C)NN. The first-order valence-electron chi connectivity index (χ1n) is 6.60. The minimum absolute atomic E-state index is 0.129. The van der Waals surface area contributed by atoms with Crippen molar-refractivity contribution in [2.45, 2.75) is 38.8 Å².